The van der Waals surface area contributed by atoms with Gasteiger partial charge >= 0.3 is 6.01 Å². The molecule has 0 atom stereocenters. The van der Waals surface area contributed by atoms with Crippen LogP contribution in [0.15, 0.2) is 53.0 Å². The van der Waals surface area contributed by atoms with Gasteiger partial charge in [0.15, 0.2) is 0 Å². The fourth-order valence-electron chi connectivity index (χ4n) is 2.11. The molecule has 0 aliphatic heterocycles. The summed E-state index contributed by atoms with van der Waals surface area (Å²) in [5.41, 5.74) is 0.218. The number of hydrogen-bond acceptors (Lipinski definition) is 6. The van der Waals surface area contributed by atoms with E-state index in [1.165, 1.54) is 24.3 Å². The van der Waals surface area contributed by atoms with E-state index in [2.05, 4.69) is 15.5 Å². The van der Waals surface area contributed by atoms with Crippen LogP contribution in [0.25, 0.3) is 17.5 Å². The van der Waals surface area contributed by atoms with Crippen molar-refractivity contribution in [1.29, 1.82) is 0 Å². The molecule has 3 aromatic rings. The number of anilines is 1. The maximum absolute atomic E-state index is 13.7. The summed E-state index contributed by atoms with van der Waals surface area (Å²) in [6.07, 6.45) is 2.47. The molecule has 1 amide bonds. The summed E-state index contributed by atoms with van der Waals surface area (Å²) < 4.78 is 31.7. The van der Waals surface area contributed by atoms with Crippen LogP contribution in [0.1, 0.15) is 5.56 Å². The topological polar surface area (TPSA) is 111 Å². The standard InChI is InChI=1S/C17H10F2N4O4/c18-11-5-6-13(14(19)9-11)16-21-22-17(27-16)20-15(24)7-4-10-2-1-3-12(8-10)23(25)26/h1-9H,(H,20,22,24). The predicted molar refractivity (Wildman–Crippen MR) is 90.4 cm³/mol. The molecule has 3 rings (SSSR count). The summed E-state index contributed by atoms with van der Waals surface area (Å²) in [5.74, 6) is -2.51. The van der Waals surface area contributed by atoms with Crippen LogP contribution in [0.3, 0.4) is 0 Å². The summed E-state index contributed by atoms with van der Waals surface area (Å²) in [6, 6.07) is 8.23. The second-order valence-corrected chi connectivity index (χ2v) is 5.21. The van der Waals surface area contributed by atoms with Crippen molar-refractivity contribution in [3.05, 3.63) is 75.9 Å². The van der Waals surface area contributed by atoms with Crippen molar-refractivity contribution < 1.29 is 22.9 Å². The number of carbonyl (C=O) groups excluding carboxylic acids is 1. The van der Waals surface area contributed by atoms with Crippen LogP contribution in [0.2, 0.25) is 0 Å². The van der Waals surface area contributed by atoms with E-state index < -0.39 is 22.5 Å². The molecule has 0 bridgehead atoms. The number of hydrogen-bond donors (Lipinski definition) is 1. The molecule has 1 aromatic heterocycles. The summed E-state index contributed by atoms with van der Waals surface area (Å²) in [7, 11) is 0. The Labute approximate surface area is 150 Å². The van der Waals surface area contributed by atoms with E-state index in [9.17, 15) is 23.7 Å². The third-order valence-electron chi connectivity index (χ3n) is 3.32. The molecule has 0 radical (unpaired) electrons. The molecule has 0 aliphatic rings. The Morgan fingerprint density at radius 1 is 1.19 bits per heavy atom. The molecule has 0 saturated heterocycles. The number of carbonyl (C=O) groups is 1. The lowest BCUT2D eigenvalue weighted by molar-refractivity contribution is -0.384. The van der Waals surface area contributed by atoms with Crippen molar-refractivity contribution in [2.45, 2.75) is 0 Å². The number of halogens is 2. The van der Waals surface area contributed by atoms with Gasteiger partial charge in [-0.05, 0) is 23.8 Å². The zero-order valence-electron chi connectivity index (χ0n) is 13.4. The van der Waals surface area contributed by atoms with Gasteiger partial charge in [0.25, 0.3) is 17.5 Å². The lowest BCUT2D eigenvalue weighted by Crippen LogP contribution is -2.07. The molecule has 0 unspecified atom stereocenters. The number of nitro benzene ring substituents is 1. The molecule has 1 N–H and O–H groups in total. The van der Waals surface area contributed by atoms with Gasteiger partial charge in [-0.15, -0.1) is 5.10 Å². The van der Waals surface area contributed by atoms with Crippen molar-refractivity contribution in [2.75, 3.05) is 5.32 Å². The Morgan fingerprint density at radius 2 is 2.00 bits per heavy atom. The van der Waals surface area contributed by atoms with Gasteiger partial charge in [-0.1, -0.05) is 17.2 Å². The molecular formula is C17H10F2N4O4. The first-order valence-corrected chi connectivity index (χ1v) is 7.45. The maximum Gasteiger partial charge on any atom is 0.322 e. The fourth-order valence-corrected chi connectivity index (χ4v) is 2.11. The third-order valence-corrected chi connectivity index (χ3v) is 3.32. The lowest BCUT2D eigenvalue weighted by atomic mass is 10.2. The molecule has 10 heteroatoms. The molecule has 8 nitrogen and oxygen atoms in total. The highest BCUT2D eigenvalue weighted by Gasteiger charge is 2.14. The van der Waals surface area contributed by atoms with Crippen molar-refractivity contribution in [1.82, 2.24) is 10.2 Å². The Bertz CT molecular complexity index is 1050. The first kappa shape index (κ1) is 17.9. The van der Waals surface area contributed by atoms with E-state index in [1.54, 1.807) is 6.07 Å². The number of nitro groups is 1. The molecule has 0 aliphatic carbocycles. The minimum absolute atomic E-state index is 0.111. The minimum Gasteiger partial charge on any atom is -0.403 e. The Balaban J connectivity index is 1.69. The normalized spacial score (nSPS) is 10.9. The van der Waals surface area contributed by atoms with E-state index in [-0.39, 0.29) is 23.2 Å². The van der Waals surface area contributed by atoms with E-state index >= 15 is 0 Å². The second kappa shape index (κ2) is 7.52. The average molecular weight is 372 g/mol. The van der Waals surface area contributed by atoms with Gasteiger partial charge in [-0.2, -0.15) is 0 Å². The van der Waals surface area contributed by atoms with Crippen LogP contribution in [0, 0.1) is 21.7 Å². The van der Waals surface area contributed by atoms with Gasteiger partial charge in [-0.3, -0.25) is 20.2 Å². The fraction of sp³-hybridized carbons (Fsp3) is 0. The van der Waals surface area contributed by atoms with E-state index in [1.807, 2.05) is 0 Å². The van der Waals surface area contributed by atoms with Crippen LogP contribution in [-0.2, 0) is 4.79 Å². The zero-order valence-corrected chi connectivity index (χ0v) is 13.4. The highest BCUT2D eigenvalue weighted by atomic mass is 19.1. The summed E-state index contributed by atoms with van der Waals surface area (Å²) >= 11 is 0. The highest BCUT2D eigenvalue weighted by Crippen LogP contribution is 2.23. The van der Waals surface area contributed by atoms with Gasteiger partial charge < -0.3 is 4.42 Å². The van der Waals surface area contributed by atoms with Crippen LogP contribution in [0.4, 0.5) is 20.5 Å². The van der Waals surface area contributed by atoms with Crippen LogP contribution >= 0.6 is 0 Å². The Morgan fingerprint density at radius 3 is 2.74 bits per heavy atom. The van der Waals surface area contributed by atoms with Gasteiger partial charge in [-0.25, -0.2) is 8.78 Å². The second-order valence-electron chi connectivity index (χ2n) is 5.21. The van der Waals surface area contributed by atoms with Gasteiger partial charge in [0.1, 0.15) is 11.6 Å². The van der Waals surface area contributed by atoms with Gasteiger partial charge in [0.05, 0.1) is 10.5 Å². The quantitative estimate of drug-likeness (QED) is 0.416. The van der Waals surface area contributed by atoms with Gasteiger partial charge in [0, 0.05) is 24.3 Å². The van der Waals surface area contributed by atoms with E-state index in [0.717, 1.165) is 18.2 Å². The van der Waals surface area contributed by atoms with Crippen LogP contribution < -0.4 is 5.32 Å². The number of nitrogens with zero attached hydrogens (tertiary/aromatic N) is 3. The highest BCUT2D eigenvalue weighted by molar-refractivity contribution is 6.00. The first-order valence-electron chi connectivity index (χ1n) is 7.45. The van der Waals surface area contributed by atoms with Crippen molar-refractivity contribution >= 4 is 23.7 Å². The monoisotopic (exact) mass is 372 g/mol. The molecule has 0 spiro atoms. The van der Waals surface area contributed by atoms with Crippen molar-refractivity contribution in [3.8, 4) is 11.5 Å². The van der Waals surface area contributed by atoms with E-state index in [0.29, 0.717) is 11.6 Å². The van der Waals surface area contributed by atoms with Crippen LogP contribution in [0.5, 0.6) is 0 Å². The van der Waals surface area contributed by atoms with Crippen molar-refractivity contribution in [3.63, 3.8) is 0 Å². The number of nitrogens with one attached hydrogen (secondary N) is 1. The lowest BCUT2D eigenvalue weighted by Gasteiger charge is -1.97. The number of non-ortho nitro benzene ring substituents is 1. The third kappa shape index (κ3) is 4.37. The number of rotatable bonds is 5. The molecule has 136 valence electrons. The zero-order chi connectivity index (χ0) is 19.4. The summed E-state index contributed by atoms with van der Waals surface area (Å²) in [6.45, 7) is 0. The SMILES string of the molecule is O=C(C=Cc1cccc([N+](=O)[O-])c1)Nc1nnc(-c2ccc(F)cc2F)o1. The molecule has 2 aromatic carbocycles. The molecular weight excluding hydrogens is 362 g/mol. The number of amides is 1. The Hall–Kier alpha value is -3.95. The Kier molecular flexibility index (Phi) is 4.97. The number of aromatic nitrogens is 2. The predicted octanol–water partition coefficient (Wildman–Crippen LogP) is 3.57. The summed E-state index contributed by atoms with van der Waals surface area (Å²) in [4.78, 5) is 22.1. The summed E-state index contributed by atoms with van der Waals surface area (Å²) in [5, 5.41) is 20.1. The van der Waals surface area contributed by atoms with E-state index in [4.69, 9.17) is 4.42 Å². The molecule has 27 heavy (non-hydrogen) atoms. The molecule has 1 heterocycles. The molecule has 0 fully saturated rings. The minimum atomic E-state index is -0.887. The first-order chi connectivity index (χ1) is 12.9. The smallest absolute Gasteiger partial charge is 0.322 e. The largest absolute Gasteiger partial charge is 0.403 e. The van der Waals surface area contributed by atoms with Gasteiger partial charge in [0.2, 0.25) is 0 Å². The average Bonchev–Trinajstić information content (AvgIpc) is 3.08. The molecule has 0 saturated carbocycles. The maximum atomic E-state index is 13.7. The van der Waals surface area contributed by atoms with Crippen molar-refractivity contribution in [2.24, 2.45) is 0 Å². The van der Waals surface area contributed by atoms with Crippen LogP contribution in [-0.4, -0.2) is 21.0 Å². The number of benzene rings is 2.